The lowest BCUT2D eigenvalue weighted by atomic mass is 10.0. The van der Waals surface area contributed by atoms with Crippen molar-refractivity contribution in [2.75, 3.05) is 0 Å². The lowest BCUT2D eigenvalue weighted by Crippen LogP contribution is -2.75. The maximum atomic E-state index is 6.05. The van der Waals surface area contributed by atoms with Crippen molar-refractivity contribution in [3.8, 4) is 34.4 Å². The smallest absolute Gasteiger partial charge is 0.221 e. The number of benzene rings is 16. The minimum Gasteiger partial charge on any atom is -0.294 e. The predicted octanol–water partition coefficient (Wildman–Crippen LogP) is 21.3. The Kier molecular flexibility index (Phi) is 15.1. The quantitative estimate of drug-likeness (QED) is 0.0851. The fraction of sp³-hybridized carbons (Fsp3) is 0. The van der Waals surface area contributed by atoms with Crippen molar-refractivity contribution in [2.45, 2.75) is 0 Å². The summed E-state index contributed by atoms with van der Waals surface area (Å²) in [6.07, 6.45) is 0. The third-order valence-corrected chi connectivity index (χ3v) is 38.1. The first-order valence-corrected chi connectivity index (χ1v) is 47.0. The van der Waals surface area contributed by atoms with Gasteiger partial charge >= 0.3 is 0 Å². The van der Waals surface area contributed by atoms with Gasteiger partial charge in [0.25, 0.3) is 0 Å². The third kappa shape index (κ3) is 9.84. The lowest BCUT2D eigenvalue weighted by molar-refractivity contribution is 0.985. The third-order valence-electron chi connectivity index (χ3n) is 25.7. The Labute approximate surface area is 708 Å². The summed E-state index contributed by atoms with van der Waals surface area (Å²) >= 11 is 3.80. The molecular formula is C108H68N10S2Si2. The Balaban J connectivity index is 0.698. The van der Waals surface area contributed by atoms with Gasteiger partial charge in [-0.2, -0.15) is 0 Å². The largest absolute Gasteiger partial charge is 0.294 e. The molecule has 0 aliphatic heterocycles. The molecule has 0 aliphatic carbocycles. The van der Waals surface area contributed by atoms with Crippen LogP contribution < -0.4 is 41.5 Å². The fourth-order valence-corrected chi connectivity index (χ4v) is 33.7. The van der Waals surface area contributed by atoms with E-state index in [0.29, 0.717) is 0 Å². The zero-order chi connectivity index (χ0) is 79.9. The maximum absolute atomic E-state index is 6.05. The standard InChI is InChI=1S/C108H68N10S2Si2/c1-5-31-71(32-6-1)121(72-33-7-2-8-34-72,99-57-29-44-82-80-42-16-27-55-97(80)119-105(82)99)75-65-101(113-87-47-19-13-39-77(87)78-40-14-20-48-88(78)113)111-102(66-75)114-89-49-21-15-41-79(89)84-63-69(59-61-90(84)114)70-60-62-92-86(64-70)110-108-116(92)94-52-24-26-54-96(94)118(108)104-68-76(67-103(112-104)117-95-53-25-23-51-93(95)115-91-50-22-18-46-85(91)109-107(115)117)122(73-35-9-3-10-36-73,74-37-11-4-12-38-74)100-58-30-45-83-81-43-17-28-56-98(81)120-106(83)100/h1-68H. The minimum atomic E-state index is -3.46. The number of imidazole rings is 4. The zero-order valence-electron chi connectivity index (χ0n) is 65.5. The van der Waals surface area contributed by atoms with Crippen LogP contribution in [-0.2, 0) is 0 Å². The molecular weight excluding hydrogens is 1560 g/mol. The van der Waals surface area contributed by atoms with Crippen molar-refractivity contribution < 1.29 is 0 Å². The van der Waals surface area contributed by atoms with Crippen LogP contribution in [0.5, 0.6) is 0 Å². The van der Waals surface area contributed by atoms with Gasteiger partial charge in [-0.05, 0) is 168 Å². The molecule has 14 heteroatoms. The molecule has 0 spiro atoms. The van der Waals surface area contributed by atoms with E-state index in [0.717, 1.165) is 123 Å². The van der Waals surface area contributed by atoms with E-state index in [-0.39, 0.29) is 0 Å². The van der Waals surface area contributed by atoms with Gasteiger partial charge < -0.3 is 0 Å². The van der Waals surface area contributed by atoms with Crippen LogP contribution in [0.2, 0.25) is 0 Å². The molecule has 0 unspecified atom stereocenters. The molecule has 0 fully saturated rings. The summed E-state index contributed by atoms with van der Waals surface area (Å²) < 4.78 is 19.2. The number of pyridine rings is 2. The van der Waals surface area contributed by atoms with Crippen LogP contribution >= 0.6 is 22.7 Å². The number of hydrogen-bond donors (Lipinski definition) is 0. The van der Waals surface area contributed by atoms with E-state index < -0.39 is 16.1 Å². The van der Waals surface area contributed by atoms with Gasteiger partial charge in [-0.1, -0.05) is 297 Å². The Morgan fingerprint density at radius 2 is 0.516 bits per heavy atom. The Hall–Kier alpha value is -15.2. The van der Waals surface area contributed by atoms with Crippen molar-refractivity contribution in [3.63, 3.8) is 0 Å². The van der Waals surface area contributed by atoms with E-state index in [2.05, 4.69) is 440 Å². The van der Waals surface area contributed by atoms with Gasteiger partial charge in [-0.25, -0.2) is 19.9 Å². The second-order valence-electron chi connectivity index (χ2n) is 32.0. The maximum Gasteiger partial charge on any atom is 0.221 e. The van der Waals surface area contributed by atoms with Crippen molar-refractivity contribution in [2.24, 2.45) is 0 Å². The molecule has 10 aromatic heterocycles. The summed E-state index contributed by atoms with van der Waals surface area (Å²) in [4.78, 5) is 23.5. The molecule has 122 heavy (non-hydrogen) atoms. The number of rotatable bonds is 13. The fourth-order valence-electron chi connectivity index (χ4n) is 20.6. The van der Waals surface area contributed by atoms with Crippen LogP contribution in [0.4, 0.5) is 0 Å². The number of aromatic nitrogens is 10. The summed E-state index contributed by atoms with van der Waals surface area (Å²) in [5.74, 6) is 4.71. The first kappa shape index (κ1) is 68.8. The summed E-state index contributed by atoms with van der Waals surface area (Å²) in [7, 11) is -6.84. The van der Waals surface area contributed by atoms with Crippen LogP contribution in [0.3, 0.4) is 0 Å². The Morgan fingerprint density at radius 1 is 0.197 bits per heavy atom. The molecule has 0 aliphatic rings. The second-order valence-corrected chi connectivity index (χ2v) is 41.6. The highest BCUT2D eigenvalue weighted by Gasteiger charge is 2.46. The molecule has 10 heterocycles. The van der Waals surface area contributed by atoms with Gasteiger partial charge in [0.15, 0.2) is 16.1 Å². The first-order chi connectivity index (χ1) is 60.5. The highest BCUT2D eigenvalue weighted by Crippen LogP contribution is 2.42. The summed E-state index contributed by atoms with van der Waals surface area (Å²) in [6, 6.07) is 153. The van der Waals surface area contributed by atoms with Gasteiger partial charge in [0, 0.05) is 61.9 Å². The molecule has 0 saturated heterocycles. The van der Waals surface area contributed by atoms with Crippen molar-refractivity contribution in [1.82, 2.24) is 47.0 Å². The van der Waals surface area contributed by atoms with Crippen LogP contribution in [0.15, 0.2) is 413 Å². The van der Waals surface area contributed by atoms with Gasteiger partial charge in [0.1, 0.15) is 23.3 Å². The normalized spacial score (nSPS) is 12.4. The molecule has 0 bridgehead atoms. The average molecular weight is 1630 g/mol. The van der Waals surface area contributed by atoms with Crippen LogP contribution in [0, 0.1) is 0 Å². The van der Waals surface area contributed by atoms with Crippen LogP contribution in [0.25, 0.3) is 174 Å². The molecule has 26 rings (SSSR count). The van der Waals surface area contributed by atoms with E-state index in [4.69, 9.17) is 19.9 Å². The predicted molar refractivity (Wildman–Crippen MR) is 515 cm³/mol. The van der Waals surface area contributed by atoms with Crippen molar-refractivity contribution in [3.05, 3.63) is 413 Å². The van der Waals surface area contributed by atoms with Crippen LogP contribution in [0.1, 0.15) is 0 Å². The van der Waals surface area contributed by atoms with E-state index in [1.807, 2.05) is 22.7 Å². The molecule has 0 radical (unpaired) electrons. The van der Waals surface area contributed by atoms with Gasteiger partial charge in [0.2, 0.25) is 11.6 Å². The topological polar surface area (TPSA) is 80.1 Å². The number of hydrogen-bond acceptors (Lipinski definition) is 6. The van der Waals surface area contributed by atoms with E-state index in [9.17, 15) is 0 Å². The van der Waals surface area contributed by atoms with Gasteiger partial charge in [-0.15, -0.1) is 22.7 Å². The van der Waals surface area contributed by atoms with E-state index in [1.54, 1.807) is 0 Å². The number of thiophene rings is 2. The molecule has 0 saturated carbocycles. The molecule has 570 valence electrons. The molecule has 0 amide bonds. The van der Waals surface area contributed by atoms with Crippen molar-refractivity contribution >= 4 is 220 Å². The second kappa shape index (κ2) is 26.7. The molecule has 0 N–H and O–H groups in total. The Bertz CT molecular complexity index is 8680. The minimum absolute atomic E-state index is 0.740. The number of nitrogens with zero attached hydrogens (tertiary/aromatic N) is 10. The Morgan fingerprint density at radius 3 is 0.967 bits per heavy atom. The SMILES string of the molecule is c1ccc([Si](c2ccccc2)(c2cc(-n3c4ccccc4c4ccccc43)nc(-n3c4ccccc4c4cc(-c5ccc6c(c5)nc5n(-c7cc([Si](c8ccccc8)(c8ccccc8)c8cccc9c8sc8ccccc89)cc(-n8c9ccccc9n9c%10ccccc%10nc89)n7)c7ccccc7n65)ccc43)c2)c2cccc3c2sc2ccccc23)cc1. The van der Waals surface area contributed by atoms with Gasteiger partial charge in [-0.3, -0.25) is 27.1 Å². The molecule has 10 nitrogen and oxygen atoms in total. The highest BCUT2D eigenvalue weighted by molar-refractivity contribution is 7.31. The van der Waals surface area contributed by atoms with E-state index >= 15 is 0 Å². The zero-order valence-corrected chi connectivity index (χ0v) is 69.2. The number of para-hydroxylation sites is 9. The lowest BCUT2D eigenvalue weighted by Gasteiger charge is -2.35. The molecule has 16 aromatic carbocycles. The van der Waals surface area contributed by atoms with Crippen molar-refractivity contribution in [1.29, 1.82) is 0 Å². The summed E-state index contributed by atoms with van der Waals surface area (Å²) in [5, 5.41) is 19.8. The molecule has 0 atom stereocenters. The van der Waals surface area contributed by atoms with Gasteiger partial charge in [0.05, 0.1) is 66.2 Å². The summed E-state index contributed by atoms with van der Waals surface area (Å²) in [6.45, 7) is 0. The monoisotopic (exact) mass is 1620 g/mol. The van der Waals surface area contributed by atoms with Crippen LogP contribution in [-0.4, -0.2) is 63.2 Å². The molecule has 26 aromatic rings. The first-order valence-electron chi connectivity index (χ1n) is 41.4. The van der Waals surface area contributed by atoms with E-state index in [1.165, 1.54) is 92.6 Å². The summed E-state index contributed by atoms with van der Waals surface area (Å²) in [5.41, 5.74) is 14.3. The average Bonchev–Trinajstić information content (AvgIpc) is 1.36. The highest BCUT2D eigenvalue weighted by atomic mass is 32.1. The number of fused-ring (bicyclic) bond motifs is 22.